The summed E-state index contributed by atoms with van der Waals surface area (Å²) in [4.78, 5) is 22.2. The third kappa shape index (κ3) is 4.54. The summed E-state index contributed by atoms with van der Waals surface area (Å²) in [5.41, 5.74) is 3.71. The summed E-state index contributed by atoms with van der Waals surface area (Å²) in [6, 6.07) is 11.8. The smallest absolute Gasteiger partial charge is 0.269 e. The number of hydrogen-bond donors (Lipinski definition) is 2. The maximum absolute atomic E-state index is 12.0. The molecule has 2 aromatic carbocycles. The Morgan fingerprint density at radius 1 is 1.04 bits per heavy atom. The summed E-state index contributed by atoms with van der Waals surface area (Å²) >= 11 is 0. The van der Waals surface area contributed by atoms with Gasteiger partial charge in [0.25, 0.3) is 11.6 Å². The van der Waals surface area contributed by atoms with Gasteiger partial charge in [0.2, 0.25) is 0 Å². The quantitative estimate of drug-likeness (QED) is 0.488. The number of hydrogen-bond acceptors (Lipinski definition) is 4. The highest BCUT2D eigenvalue weighted by atomic mass is 16.6. The summed E-state index contributed by atoms with van der Waals surface area (Å²) in [5.74, 6) is -0.112. The zero-order valence-corrected chi connectivity index (χ0v) is 13.1. The molecule has 0 radical (unpaired) electrons. The fraction of sp³-hybridized carbons (Fsp3) is 0.235. The normalized spacial score (nSPS) is 10.2. The maximum atomic E-state index is 12.0. The van der Waals surface area contributed by atoms with Crippen molar-refractivity contribution in [3.05, 3.63) is 69.3 Å². The molecule has 0 aromatic heterocycles. The molecule has 2 N–H and O–H groups in total. The molecule has 6 heteroatoms. The number of nitrogens with zero attached hydrogens (tertiary/aromatic N) is 1. The lowest BCUT2D eigenvalue weighted by atomic mass is 10.1. The summed E-state index contributed by atoms with van der Waals surface area (Å²) in [7, 11) is 0. The first kappa shape index (κ1) is 16.5. The predicted octanol–water partition coefficient (Wildman–Crippen LogP) is 3.05. The van der Waals surface area contributed by atoms with Crippen LogP contribution in [-0.4, -0.2) is 23.9 Å². The van der Waals surface area contributed by atoms with E-state index in [-0.39, 0.29) is 11.6 Å². The second-order valence-corrected chi connectivity index (χ2v) is 5.29. The fourth-order valence-corrected chi connectivity index (χ4v) is 2.07. The topological polar surface area (TPSA) is 84.3 Å². The molecule has 6 nitrogen and oxygen atoms in total. The van der Waals surface area contributed by atoms with E-state index in [1.165, 1.54) is 12.1 Å². The van der Waals surface area contributed by atoms with E-state index >= 15 is 0 Å². The Morgan fingerprint density at radius 3 is 2.35 bits per heavy atom. The van der Waals surface area contributed by atoms with Crippen molar-refractivity contribution in [2.24, 2.45) is 0 Å². The average molecular weight is 313 g/mol. The highest BCUT2D eigenvalue weighted by Gasteiger charge is 2.06. The first-order chi connectivity index (χ1) is 11.0. The maximum Gasteiger partial charge on any atom is 0.269 e. The van der Waals surface area contributed by atoms with Gasteiger partial charge in [-0.15, -0.1) is 0 Å². The molecule has 1 amide bonds. The Hall–Kier alpha value is -2.89. The van der Waals surface area contributed by atoms with Crippen LogP contribution in [0.25, 0.3) is 0 Å². The molecule has 0 fully saturated rings. The highest BCUT2D eigenvalue weighted by molar-refractivity contribution is 5.94. The van der Waals surface area contributed by atoms with Crippen LogP contribution in [-0.2, 0) is 0 Å². The standard InChI is InChI=1S/C17H19N3O3/c1-12-3-4-14(11-13(12)2)17(21)19-10-9-18-15-5-7-16(8-6-15)20(22)23/h3-8,11,18H,9-10H2,1-2H3,(H,19,21). The molecule has 0 unspecified atom stereocenters. The van der Waals surface area contributed by atoms with Crippen molar-refractivity contribution in [2.75, 3.05) is 18.4 Å². The molecular formula is C17H19N3O3. The number of nitrogens with one attached hydrogen (secondary N) is 2. The molecule has 2 aromatic rings. The number of carbonyl (C=O) groups is 1. The van der Waals surface area contributed by atoms with Gasteiger partial charge in [-0.05, 0) is 49.2 Å². The van der Waals surface area contributed by atoms with E-state index in [1.807, 2.05) is 26.0 Å². The van der Waals surface area contributed by atoms with Gasteiger partial charge in [-0.3, -0.25) is 14.9 Å². The van der Waals surface area contributed by atoms with Crippen LogP contribution in [0.5, 0.6) is 0 Å². The Balaban J connectivity index is 1.79. The van der Waals surface area contributed by atoms with Crippen LogP contribution in [0.4, 0.5) is 11.4 Å². The third-order valence-electron chi connectivity index (χ3n) is 3.59. The van der Waals surface area contributed by atoms with Crippen molar-refractivity contribution in [3.8, 4) is 0 Å². The van der Waals surface area contributed by atoms with Gasteiger partial charge in [-0.1, -0.05) is 6.07 Å². The predicted molar refractivity (Wildman–Crippen MR) is 89.8 cm³/mol. The van der Waals surface area contributed by atoms with Gasteiger partial charge < -0.3 is 10.6 Å². The third-order valence-corrected chi connectivity index (χ3v) is 3.59. The first-order valence-corrected chi connectivity index (χ1v) is 7.31. The number of nitro groups is 1. The van der Waals surface area contributed by atoms with Crippen LogP contribution < -0.4 is 10.6 Å². The molecule has 0 saturated heterocycles. The van der Waals surface area contributed by atoms with E-state index in [4.69, 9.17) is 0 Å². The van der Waals surface area contributed by atoms with Crippen molar-refractivity contribution < 1.29 is 9.72 Å². The number of aryl methyl sites for hydroxylation is 2. The van der Waals surface area contributed by atoms with Crippen LogP contribution >= 0.6 is 0 Å². The van der Waals surface area contributed by atoms with Gasteiger partial charge in [-0.2, -0.15) is 0 Å². The molecule has 0 spiro atoms. The number of benzene rings is 2. The van der Waals surface area contributed by atoms with Gasteiger partial charge in [0.1, 0.15) is 0 Å². The van der Waals surface area contributed by atoms with Crippen molar-refractivity contribution in [1.29, 1.82) is 0 Å². The molecule has 120 valence electrons. The van der Waals surface area contributed by atoms with Crippen molar-refractivity contribution in [2.45, 2.75) is 13.8 Å². The Bertz CT molecular complexity index is 712. The fourth-order valence-electron chi connectivity index (χ4n) is 2.07. The van der Waals surface area contributed by atoms with E-state index in [9.17, 15) is 14.9 Å². The number of carbonyl (C=O) groups excluding carboxylic acids is 1. The van der Waals surface area contributed by atoms with Crippen LogP contribution in [0, 0.1) is 24.0 Å². The lowest BCUT2D eigenvalue weighted by molar-refractivity contribution is -0.384. The number of rotatable bonds is 6. The summed E-state index contributed by atoms with van der Waals surface area (Å²) < 4.78 is 0. The van der Waals surface area contributed by atoms with Gasteiger partial charge in [-0.25, -0.2) is 0 Å². The molecule has 0 saturated carbocycles. The van der Waals surface area contributed by atoms with Crippen molar-refractivity contribution in [3.63, 3.8) is 0 Å². The molecule has 0 heterocycles. The Morgan fingerprint density at radius 2 is 1.74 bits per heavy atom. The van der Waals surface area contributed by atoms with Crippen molar-refractivity contribution >= 4 is 17.3 Å². The molecular weight excluding hydrogens is 294 g/mol. The molecule has 2 rings (SSSR count). The van der Waals surface area contributed by atoms with Crippen LogP contribution in [0.2, 0.25) is 0 Å². The number of non-ortho nitro benzene ring substituents is 1. The molecule has 23 heavy (non-hydrogen) atoms. The molecule has 0 aliphatic heterocycles. The minimum absolute atomic E-state index is 0.0543. The number of amides is 1. The second-order valence-electron chi connectivity index (χ2n) is 5.29. The molecule has 0 atom stereocenters. The largest absolute Gasteiger partial charge is 0.383 e. The minimum atomic E-state index is -0.437. The van der Waals surface area contributed by atoms with Crippen LogP contribution in [0.3, 0.4) is 0 Å². The van der Waals surface area contributed by atoms with Crippen LogP contribution in [0.15, 0.2) is 42.5 Å². The second kappa shape index (κ2) is 7.40. The van der Waals surface area contributed by atoms with Gasteiger partial charge in [0, 0.05) is 36.5 Å². The van der Waals surface area contributed by atoms with E-state index in [0.717, 1.165) is 16.8 Å². The average Bonchev–Trinajstić information content (AvgIpc) is 2.54. The lowest BCUT2D eigenvalue weighted by Crippen LogP contribution is -2.28. The zero-order chi connectivity index (χ0) is 16.8. The van der Waals surface area contributed by atoms with E-state index in [2.05, 4.69) is 10.6 Å². The highest BCUT2D eigenvalue weighted by Crippen LogP contribution is 2.15. The summed E-state index contributed by atoms with van der Waals surface area (Å²) in [6.45, 7) is 4.98. The van der Waals surface area contributed by atoms with Gasteiger partial charge in [0.15, 0.2) is 0 Å². The lowest BCUT2D eigenvalue weighted by Gasteiger charge is -2.09. The van der Waals surface area contributed by atoms with Crippen LogP contribution in [0.1, 0.15) is 21.5 Å². The summed E-state index contributed by atoms with van der Waals surface area (Å²) in [5, 5.41) is 16.5. The van der Waals surface area contributed by atoms with E-state index in [1.54, 1.807) is 18.2 Å². The number of anilines is 1. The number of nitro benzene ring substituents is 1. The van der Waals surface area contributed by atoms with E-state index < -0.39 is 4.92 Å². The monoisotopic (exact) mass is 313 g/mol. The van der Waals surface area contributed by atoms with E-state index in [0.29, 0.717) is 18.7 Å². The minimum Gasteiger partial charge on any atom is -0.383 e. The van der Waals surface area contributed by atoms with Crippen molar-refractivity contribution in [1.82, 2.24) is 5.32 Å². The zero-order valence-electron chi connectivity index (χ0n) is 13.1. The summed E-state index contributed by atoms with van der Waals surface area (Å²) in [6.07, 6.45) is 0. The first-order valence-electron chi connectivity index (χ1n) is 7.31. The molecule has 0 bridgehead atoms. The SMILES string of the molecule is Cc1ccc(C(=O)NCCNc2ccc([N+](=O)[O-])cc2)cc1C. The Kier molecular flexibility index (Phi) is 5.30. The van der Waals surface area contributed by atoms with Gasteiger partial charge >= 0.3 is 0 Å². The van der Waals surface area contributed by atoms with Gasteiger partial charge in [0.05, 0.1) is 4.92 Å². The Labute approximate surface area is 134 Å². The molecule has 0 aliphatic carbocycles. The molecule has 0 aliphatic rings.